The van der Waals surface area contributed by atoms with Crippen LogP contribution in [-0.4, -0.2) is 28.9 Å². The Labute approximate surface area is 234 Å². The molecular formula is C35H40O3P+. The smallest absolute Gasteiger partial charge is 0.302 e. The molecule has 3 nitrogen and oxygen atoms in total. The van der Waals surface area contributed by atoms with Gasteiger partial charge < -0.3 is 9.84 Å². The van der Waals surface area contributed by atoms with Crippen LogP contribution in [0.1, 0.15) is 47.5 Å². The topological polar surface area (TPSA) is 46.5 Å². The molecule has 0 spiro atoms. The van der Waals surface area contributed by atoms with Crippen molar-refractivity contribution in [2.45, 2.75) is 59.2 Å². The summed E-state index contributed by atoms with van der Waals surface area (Å²) in [5.74, 6) is -0.310. The molecule has 0 radical (unpaired) electrons. The summed E-state index contributed by atoms with van der Waals surface area (Å²) in [5, 5.41) is 15.4. The predicted octanol–water partition coefficient (Wildman–Crippen LogP) is 6.51. The second-order valence-electron chi connectivity index (χ2n) is 11.4. The third-order valence-corrected chi connectivity index (χ3v) is 11.9. The van der Waals surface area contributed by atoms with E-state index in [2.05, 4.69) is 124 Å². The van der Waals surface area contributed by atoms with Crippen molar-refractivity contribution in [1.29, 1.82) is 0 Å². The number of benzene rings is 3. The van der Waals surface area contributed by atoms with Crippen LogP contribution in [0.5, 0.6) is 0 Å². The Kier molecular flexibility index (Phi) is 8.77. The number of hydrogen-bond donors (Lipinski definition) is 1. The molecule has 0 saturated heterocycles. The summed E-state index contributed by atoms with van der Waals surface area (Å²) >= 11 is 0. The summed E-state index contributed by atoms with van der Waals surface area (Å²) in [6.45, 7) is 9.50. The molecule has 3 aromatic carbocycles. The van der Waals surface area contributed by atoms with E-state index in [0.717, 1.165) is 17.3 Å². The van der Waals surface area contributed by atoms with E-state index in [4.69, 9.17) is 4.74 Å². The van der Waals surface area contributed by atoms with Crippen LogP contribution in [-0.2, 0) is 9.53 Å². The Bertz CT molecular complexity index is 1250. The minimum Gasteiger partial charge on any atom is -0.462 e. The number of allylic oxidation sites excluding steroid dienone is 2. The van der Waals surface area contributed by atoms with Crippen LogP contribution < -0.4 is 15.9 Å². The van der Waals surface area contributed by atoms with Gasteiger partial charge in [0.1, 0.15) is 29.3 Å². The molecule has 0 amide bonds. The van der Waals surface area contributed by atoms with Crippen molar-refractivity contribution in [3.05, 3.63) is 120 Å². The van der Waals surface area contributed by atoms with E-state index in [9.17, 15) is 9.90 Å². The van der Waals surface area contributed by atoms with Gasteiger partial charge in [-0.25, -0.2) is 0 Å². The van der Waals surface area contributed by atoms with E-state index in [1.54, 1.807) is 6.92 Å². The number of carbonyl (C=O) groups is 1. The molecule has 4 rings (SSSR count). The van der Waals surface area contributed by atoms with Crippen LogP contribution in [0.2, 0.25) is 0 Å². The van der Waals surface area contributed by atoms with Gasteiger partial charge in [-0.2, -0.15) is 0 Å². The zero-order chi connectivity index (χ0) is 28.1. The molecule has 0 aliphatic heterocycles. The zero-order valence-corrected chi connectivity index (χ0v) is 24.6. The van der Waals surface area contributed by atoms with Gasteiger partial charge >= 0.3 is 5.97 Å². The standard InChI is InChI=1S/C35H40O3P/c1-27(21-22-33-34(3,4)25-29(38-28(2)36)26-35(33,5)37)23-24-39(30-15-9-6-10-16-30,31-17-11-7-12-18-31)32-19-13-8-14-20-32/h6-21,23,29,37H,24-26H2,1-5H3/q+1/b27-23+/t22?,29-,35+/m0/s1. The van der Waals surface area contributed by atoms with E-state index in [0.29, 0.717) is 12.8 Å². The van der Waals surface area contributed by atoms with Gasteiger partial charge in [-0.15, -0.1) is 5.73 Å². The van der Waals surface area contributed by atoms with Crippen molar-refractivity contribution < 1.29 is 14.6 Å². The fourth-order valence-corrected chi connectivity index (χ4v) is 10.2. The van der Waals surface area contributed by atoms with Gasteiger partial charge in [0.05, 0.1) is 11.8 Å². The first-order chi connectivity index (χ1) is 18.5. The first-order valence-corrected chi connectivity index (χ1v) is 15.6. The molecule has 1 aliphatic carbocycles. The average Bonchev–Trinajstić information content (AvgIpc) is 2.89. The predicted molar refractivity (Wildman–Crippen MR) is 165 cm³/mol. The molecule has 0 heterocycles. The quantitative estimate of drug-likeness (QED) is 0.161. The van der Waals surface area contributed by atoms with Crippen LogP contribution in [0, 0.1) is 5.41 Å². The summed E-state index contributed by atoms with van der Waals surface area (Å²) in [6.07, 6.45) is 5.93. The fraction of sp³-hybridized carbons (Fsp3) is 0.314. The Morgan fingerprint density at radius 3 is 1.74 bits per heavy atom. The number of hydrogen-bond acceptors (Lipinski definition) is 3. The Morgan fingerprint density at radius 2 is 1.33 bits per heavy atom. The maximum atomic E-state index is 11.6. The summed E-state index contributed by atoms with van der Waals surface area (Å²) in [4.78, 5) is 11.6. The molecular weight excluding hydrogens is 499 g/mol. The molecule has 2 atom stereocenters. The first kappa shape index (κ1) is 28.8. The van der Waals surface area contributed by atoms with Gasteiger partial charge in [0.25, 0.3) is 0 Å². The number of esters is 1. The monoisotopic (exact) mass is 539 g/mol. The van der Waals surface area contributed by atoms with Gasteiger partial charge in [0.15, 0.2) is 0 Å². The highest BCUT2D eigenvalue weighted by Gasteiger charge is 2.46. The van der Waals surface area contributed by atoms with Crippen LogP contribution >= 0.6 is 7.26 Å². The molecule has 1 saturated carbocycles. The molecule has 3 aromatic rings. The van der Waals surface area contributed by atoms with Gasteiger partial charge in [0, 0.05) is 18.9 Å². The van der Waals surface area contributed by atoms with Gasteiger partial charge in [-0.3, -0.25) is 4.79 Å². The maximum absolute atomic E-state index is 11.6. The van der Waals surface area contributed by atoms with Crippen LogP contribution in [0.4, 0.5) is 0 Å². The molecule has 0 bridgehead atoms. The molecule has 1 N–H and O–H groups in total. The molecule has 4 heteroatoms. The van der Waals surface area contributed by atoms with Gasteiger partial charge in [-0.1, -0.05) is 68.4 Å². The fourth-order valence-electron chi connectivity index (χ4n) is 6.02. The Balaban J connectivity index is 1.76. The van der Waals surface area contributed by atoms with E-state index in [1.165, 1.54) is 22.8 Å². The highest BCUT2D eigenvalue weighted by atomic mass is 31.2. The van der Waals surface area contributed by atoms with E-state index < -0.39 is 12.9 Å². The van der Waals surface area contributed by atoms with Crippen LogP contribution in [0.15, 0.2) is 120 Å². The first-order valence-electron chi connectivity index (χ1n) is 13.6. The third kappa shape index (κ3) is 6.51. The highest BCUT2D eigenvalue weighted by molar-refractivity contribution is 7.95. The average molecular weight is 540 g/mol. The lowest BCUT2D eigenvalue weighted by Gasteiger charge is -2.44. The number of ether oxygens (including phenoxy) is 1. The molecule has 0 aromatic heterocycles. The SMILES string of the molecule is CC(=O)O[C@H]1CC(C)(C)C(=C=C/C(C)=C/C[P+](c2ccccc2)(c2ccccc2)c2ccccc2)[C@](C)(O)C1. The van der Waals surface area contributed by atoms with Crippen molar-refractivity contribution in [2.75, 3.05) is 6.16 Å². The molecule has 39 heavy (non-hydrogen) atoms. The summed E-state index contributed by atoms with van der Waals surface area (Å²) < 4.78 is 5.48. The Hall–Kier alpha value is -3.22. The normalized spacial score (nSPS) is 21.1. The van der Waals surface area contributed by atoms with Gasteiger partial charge in [0.2, 0.25) is 0 Å². The van der Waals surface area contributed by atoms with Crippen molar-refractivity contribution in [1.82, 2.24) is 0 Å². The number of rotatable bonds is 7. The zero-order valence-electron chi connectivity index (χ0n) is 23.7. The largest absolute Gasteiger partial charge is 0.462 e. The number of carbonyl (C=O) groups excluding carboxylic acids is 1. The van der Waals surface area contributed by atoms with Crippen molar-refractivity contribution in [3.63, 3.8) is 0 Å². The van der Waals surface area contributed by atoms with E-state index in [-0.39, 0.29) is 17.5 Å². The summed E-state index contributed by atoms with van der Waals surface area (Å²) in [5.41, 5.74) is 3.97. The van der Waals surface area contributed by atoms with Crippen LogP contribution in [0.3, 0.4) is 0 Å². The summed E-state index contributed by atoms with van der Waals surface area (Å²) in [6, 6.07) is 32.6. The second-order valence-corrected chi connectivity index (χ2v) is 14.9. The second kappa shape index (κ2) is 11.9. The molecule has 1 aliphatic rings. The number of aliphatic hydroxyl groups is 1. The van der Waals surface area contributed by atoms with E-state index in [1.807, 2.05) is 6.08 Å². The summed E-state index contributed by atoms with van der Waals surface area (Å²) in [7, 11) is -1.96. The van der Waals surface area contributed by atoms with Crippen molar-refractivity contribution in [3.8, 4) is 0 Å². The lowest BCUT2D eigenvalue weighted by molar-refractivity contribution is -0.152. The van der Waals surface area contributed by atoms with E-state index >= 15 is 0 Å². The molecule has 0 unspecified atom stereocenters. The minimum absolute atomic E-state index is 0.303. The highest BCUT2D eigenvalue weighted by Crippen LogP contribution is 2.55. The molecule has 202 valence electrons. The van der Waals surface area contributed by atoms with Crippen LogP contribution in [0.25, 0.3) is 0 Å². The Morgan fingerprint density at radius 1 is 0.872 bits per heavy atom. The van der Waals surface area contributed by atoms with Gasteiger partial charge in [-0.05, 0) is 79.8 Å². The lowest BCUT2D eigenvalue weighted by Crippen LogP contribution is -2.46. The van der Waals surface area contributed by atoms with Crippen molar-refractivity contribution >= 4 is 29.1 Å². The lowest BCUT2D eigenvalue weighted by atomic mass is 9.65. The van der Waals surface area contributed by atoms with Crippen molar-refractivity contribution in [2.24, 2.45) is 5.41 Å². The third-order valence-electron chi connectivity index (χ3n) is 7.63. The minimum atomic E-state index is -1.96. The maximum Gasteiger partial charge on any atom is 0.302 e. The molecule has 1 fully saturated rings.